The van der Waals surface area contributed by atoms with E-state index in [-0.39, 0.29) is 11.8 Å². The molecule has 0 atom stereocenters. The zero-order valence-corrected chi connectivity index (χ0v) is 19.0. The SMILES string of the molecule is CCOc1ccc(/C=C/C(=O)N2CCN(C(=O)Cc3c[nH]c4ccccc34)CC2)cc1OC. The summed E-state index contributed by atoms with van der Waals surface area (Å²) in [4.78, 5) is 32.3. The van der Waals surface area contributed by atoms with Gasteiger partial charge < -0.3 is 24.3 Å². The molecule has 7 heteroatoms. The van der Waals surface area contributed by atoms with Gasteiger partial charge in [0.15, 0.2) is 11.5 Å². The summed E-state index contributed by atoms with van der Waals surface area (Å²) in [5.41, 5.74) is 2.90. The number of methoxy groups -OCH3 is 1. The average molecular weight is 448 g/mol. The molecule has 2 heterocycles. The van der Waals surface area contributed by atoms with Gasteiger partial charge in [0.1, 0.15) is 0 Å². The molecule has 172 valence electrons. The normalized spacial score (nSPS) is 14.1. The van der Waals surface area contributed by atoms with E-state index in [9.17, 15) is 9.59 Å². The van der Waals surface area contributed by atoms with E-state index in [4.69, 9.17) is 9.47 Å². The Balaban J connectivity index is 1.31. The zero-order valence-electron chi connectivity index (χ0n) is 19.0. The molecule has 0 aliphatic carbocycles. The van der Waals surface area contributed by atoms with Gasteiger partial charge in [-0.25, -0.2) is 0 Å². The number of amides is 2. The Kier molecular flexibility index (Phi) is 6.98. The molecule has 7 nitrogen and oxygen atoms in total. The highest BCUT2D eigenvalue weighted by Crippen LogP contribution is 2.28. The molecule has 0 unspecified atom stereocenters. The summed E-state index contributed by atoms with van der Waals surface area (Å²) in [5.74, 6) is 1.33. The first-order valence-corrected chi connectivity index (χ1v) is 11.2. The number of piperazine rings is 1. The molecule has 0 radical (unpaired) electrons. The third-order valence-corrected chi connectivity index (χ3v) is 5.87. The van der Waals surface area contributed by atoms with Crippen molar-refractivity contribution in [3.05, 3.63) is 65.9 Å². The summed E-state index contributed by atoms with van der Waals surface area (Å²) in [7, 11) is 1.59. The molecule has 1 N–H and O–H groups in total. The minimum absolute atomic E-state index is 0.0634. The molecular formula is C26H29N3O4. The number of H-pyrrole nitrogens is 1. The van der Waals surface area contributed by atoms with E-state index in [0.29, 0.717) is 50.7 Å². The number of hydrogen-bond acceptors (Lipinski definition) is 4. The Morgan fingerprint density at radius 2 is 1.79 bits per heavy atom. The van der Waals surface area contributed by atoms with Crippen LogP contribution >= 0.6 is 0 Å². The summed E-state index contributed by atoms with van der Waals surface area (Å²) in [5, 5.41) is 1.08. The second kappa shape index (κ2) is 10.3. The molecule has 2 aromatic carbocycles. The number of fused-ring (bicyclic) bond motifs is 1. The van der Waals surface area contributed by atoms with Gasteiger partial charge in [0, 0.05) is 49.4 Å². The Morgan fingerprint density at radius 1 is 1.03 bits per heavy atom. The molecule has 1 aliphatic rings. The molecule has 4 rings (SSSR count). The van der Waals surface area contributed by atoms with Crippen LogP contribution in [0, 0.1) is 0 Å². The number of nitrogens with zero attached hydrogens (tertiary/aromatic N) is 2. The molecule has 3 aromatic rings. The Labute approximate surface area is 193 Å². The van der Waals surface area contributed by atoms with Gasteiger partial charge in [-0.05, 0) is 42.3 Å². The van der Waals surface area contributed by atoms with Gasteiger partial charge in [-0.1, -0.05) is 24.3 Å². The van der Waals surface area contributed by atoms with Crippen LogP contribution in [-0.4, -0.2) is 66.5 Å². The number of carbonyl (C=O) groups is 2. The van der Waals surface area contributed by atoms with Crippen LogP contribution in [0.25, 0.3) is 17.0 Å². The van der Waals surface area contributed by atoms with Crippen LogP contribution in [0.1, 0.15) is 18.1 Å². The number of carbonyl (C=O) groups excluding carboxylic acids is 2. The number of aromatic nitrogens is 1. The maximum atomic E-state index is 12.8. The fourth-order valence-electron chi connectivity index (χ4n) is 4.06. The van der Waals surface area contributed by atoms with Crippen molar-refractivity contribution in [1.29, 1.82) is 0 Å². The molecule has 1 aromatic heterocycles. The topological polar surface area (TPSA) is 74.9 Å². The fraction of sp³-hybridized carbons (Fsp3) is 0.308. The lowest BCUT2D eigenvalue weighted by molar-refractivity contribution is -0.136. The van der Waals surface area contributed by atoms with Gasteiger partial charge in [0.05, 0.1) is 20.1 Å². The number of aromatic amines is 1. The Hall–Kier alpha value is -3.74. The third-order valence-electron chi connectivity index (χ3n) is 5.87. The van der Waals surface area contributed by atoms with Gasteiger partial charge in [0.2, 0.25) is 11.8 Å². The highest BCUT2D eigenvalue weighted by atomic mass is 16.5. The predicted molar refractivity (Wildman–Crippen MR) is 128 cm³/mol. The smallest absolute Gasteiger partial charge is 0.246 e. The highest BCUT2D eigenvalue weighted by molar-refractivity contribution is 5.92. The van der Waals surface area contributed by atoms with Crippen molar-refractivity contribution < 1.29 is 19.1 Å². The minimum atomic E-state index is -0.0634. The quantitative estimate of drug-likeness (QED) is 0.563. The predicted octanol–water partition coefficient (Wildman–Crippen LogP) is 3.50. The van der Waals surface area contributed by atoms with Crippen LogP contribution in [0.5, 0.6) is 11.5 Å². The van der Waals surface area contributed by atoms with E-state index in [1.165, 1.54) is 0 Å². The lowest BCUT2D eigenvalue weighted by Crippen LogP contribution is -2.50. The van der Waals surface area contributed by atoms with Crippen molar-refractivity contribution in [3.8, 4) is 11.5 Å². The zero-order chi connectivity index (χ0) is 23.2. The molecule has 33 heavy (non-hydrogen) atoms. The number of rotatable bonds is 7. The van der Waals surface area contributed by atoms with E-state index in [0.717, 1.165) is 22.0 Å². The van der Waals surface area contributed by atoms with Crippen LogP contribution in [-0.2, 0) is 16.0 Å². The summed E-state index contributed by atoms with van der Waals surface area (Å²) in [6.07, 6.45) is 5.61. The molecule has 1 aliphatic heterocycles. The monoisotopic (exact) mass is 447 g/mol. The first-order chi connectivity index (χ1) is 16.1. The van der Waals surface area contributed by atoms with Crippen LogP contribution < -0.4 is 9.47 Å². The second-order valence-corrected chi connectivity index (χ2v) is 7.92. The average Bonchev–Trinajstić information content (AvgIpc) is 3.26. The van der Waals surface area contributed by atoms with Crippen molar-refractivity contribution in [2.45, 2.75) is 13.3 Å². The third kappa shape index (κ3) is 5.19. The molecule has 0 bridgehead atoms. The fourth-order valence-corrected chi connectivity index (χ4v) is 4.06. The number of benzene rings is 2. The van der Waals surface area contributed by atoms with Crippen LogP contribution in [0.2, 0.25) is 0 Å². The van der Waals surface area contributed by atoms with E-state index < -0.39 is 0 Å². The van der Waals surface area contributed by atoms with Crippen molar-refractivity contribution in [3.63, 3.8) is 0 Å². The van der Waals surface area contributed by atoms with Gasteiger partial charge in [-0.3, -0.25) is 9.59 Å². The Morgan fingerprint density at radius 3 is 2.55 bits per heavy atom. The van der Waals surface area contributed by atoms with E-state index in [2.05, 4.69) is 4.98 Å². The van der Waals surface area contributed by atoms with Gasteiger partial charge in [-0.15, -0.1) is 0 Å². The molecule has 2 amide bonds. The van der Waals surface area contributed by atoms with Gasteiger partial charge in [0.25, 0.3) is 0 Å². The largest absolute Gasteiger partial charge is 0.493 e. The highest BCUT2D eigenvalue weighted by Gasteiger charge is 2.23. The summed E-state index contributed by atoms with van der Waals surface area (Å²) in [6.45, 7) is 4.60. The number of para-hydroxylation sites is 1. The number of nitrogens with one attached hydrogen (secondary N) is 1. The van der Waals surface area contributed by atoms with Gasteiger partial charge in [-0.2, -0.15) is 0 Å². The van der Waals surface area contributed by atoms with Crippen LogP contribution in [0.15, 0.2) is 54.7 Å². The first-order valence-electron chi connectivity index (χ1n) is 11.2. The van der Waals surface area contributed by atoms with Crippen molar-refractivity contribution in [1.82, 2.24) is 14.8 Å². The molecule has 0 saturated carbocycles. The lowest BCUT2D eigenvalue weighted by atomic mass is 10.1. The maximum Gasteiger partial charge on any atom is 0.246 e. The van der Waals surface area contributed by atoms with Crippen LogP contribution in [0.3, 0.4) is 0 Å². The molecular weight excluding hydrogens is 418 g/mol. The Bertz CT molecular complexity index is 1160. The lowest BCUT2D eigenvalue weighted by Gasteiger charge is -2.34. The molecule has 0 spiro atoms. The van der Waals surface area contributed by atoms with E-state index in [1.54, 1.807) is 24.2 Å². The summed E-state index contributed by atoms with van der Waals surface area (Å²) in [6, 6.07) is 13.5. The number of hydrogen-bond donors (Lipinski definition) is 1. The first kappa shape index (κ1) is 22.5. The maximum absolute atomic E-state index is 12.8. The second-order valence-electron chi connectivity index (χ2n) is 7.92. The van der Waals surface area contributed by atoms with Crippen molar-refractivity contribution in [2.24, 2.45) is 0 Å². The summed E-state index contributed by atoms with van der Waals surface area (Å²) >= 11 is 0. The van der Waals surface area contributed by atoms with E-state index in [1.807, 2.05) is 60.5 Å². The van der Waals surface area contributed by atoms with E-state index >= 15 is 0 Å². The molecule has 1 saturated heterocycles. The van der Waals surface area contributed by atoms with Crippen LogP contribution in [0.4, 0.5) is 0 Å². The summed E-state index contributed by atoms with van der Waals surface area (Å²) < 4.78 is 10.9. The standard InChI is InChI=1S/C26H29N3O4/c1-3-33-23-10-8-19(16-24(23)32-2)9-11-25(30)28-12-14-29(15-13-28)26(31)17-20-18-27-22-7-5-4-6-21(20)22/h4-11,16,18,27H,3,12-15,17H2,1-2H3/b11-9+. The number of ether oxygens (including phenoxy) is 2. The van der Waals surface area contributed by atoms with Crippen molar-refractivity contribution >= 4 is 28.8 Å². The van der Waals surface area contributed by atoms with Gasteiger partial charge >= 0.3 is 0 Å². The molecule has 1 fully saturated rings. The minimum Gasteiger partial charge on any atom is -0.493 e. The van der Waals surface area contributed by atoms with Crippen molar-refractivity contribution in [2.75, 3.05) is 39.9 Å².